The van der Waals surface area contributed by atoms with Gasteiger partial charge in [0.15, 0.2) is 11.6 Å². The summed E-state index contributed by atoms with van der Waals surface area (Å²) in [5, 5.41) is 17.2. The minimum atomic E-state index is -2.05. The molecule has 14 heavy (non-hydrogen) atoms. The molecule has 2 rings (SSSR count). The van der Waals surface area contributed by atoms with Gasteiger partial charge in [-0.2, -0.15) is 0 Å². The average molecular weight is 196 g/mol. The van der Waals surface area contributed by atoms with Crippen LogP contribution in [0.4, 0.5) is 4.39 Å². The molecular weight excluding hydrogens is 190 g/mol. The van der Waals surface area contributed by atoms with Crippen molar-refractivity contribution in [3.63, 3.8) is 0 Å². The Balaban J connectivity index is 2.51. The van der Waals surface area contributed by atoms with E-state index < -0.39 is 13.1 Å². The standard InChI is InChI=1S/C7H6BFN2O3/c9-6-4-1-2-10-7(4)11-3-5(6)14-8(12)13/h1-3,12-13H,(H,10,11). The maximum Gasteiger partial charge on any atom is 0.707 e. The molecule has 5 nitrogen and oxygen atoms in total. The SMILES string of the molecule is OB(O)Oc1cnc2[nH]ccc2c1F. The number of rotatable bonds is 2. The second-order valence-corrected chi connectivity index (χ2v) is 2.62. The van der Waals surface area contributed by atoms with E-state index in [4.69, 9.17) is 10.0 Å². The molecule has 0 fully saturated rings. The predicted molar refractivity (Wildman–Crippen MR) is 46.9 cm³/mol. The maximum absolute atomic E-state index is 13.5. The lowest BCUT2D eigenvalue weighted by atomic mass is 10.2. The number of aromatic amines is 1. The molecule has 0 aliphatic rings. The molecule has 0 aromatic carbocycles. The van der Waals surface area contributed by atoms with Crippen LogP contribution < -0.4 is 4.65 Å². The summed E-state index contributed by atoms with van der Waals surface area (Å²) in [5.41, 5.74) is 0.377. The number of nitrogens with zero attached hydrogens (tertiary/aromatic N) is 1. The normalized spacial score (nSPS) is 10.5. The Hall–Kier alpha value is -1.60. The highest BCUT2D eigenvalue weighted by molar-refractivity contribution is 6.33. The molecule has 7 heteroatoms. The van der Waals surface area contributed by atoms with Crippen molar-refractivity contribution in [3.8, 4) is 5.75 Å². The molecule has 0 radical (unpaired) electrons. The van der Waals surface area contributed by atoms with Gasteiger partial charge in [0.25, 0.3) is 0 Å². The highest BCUT2D eigenvalue weighted by Crippen LogP contribution is 2.23. The van der Waals surface area contributed by atoms with Crippen LogP contribution in [-0.2, 0) is 0 Å². The number of aromatic nitrogens is 2. The number of H-pyrrole nitrogens is 1. The van der Waals surface area contributed by atoms with Gasteiger partial charge in [-0.15, -0.1) is 0 Å². The molecule has 0 aliphatic heterocycles. The van der Waals surface area contributed by atoms with Crippen LogP contribution in [-0.4, -0.2) is 27.3 Å². The van der Waals surface area contributed by atoms with Crippen molar-refractivity contribution in [2.24, 2.45) is 0 Å². The molecule has 0 amide bonds. The second kappa shape index (κ2) is 3.28. The van der Waals surface area contributed by atoms with Gasteiger partial charge in [-0.1, -0.05) is 0 Å². The van der Waals surface area contributed by atoms with E-state index >= 15 is 0 Å². The highest BCUT2D eigenvalue weighted by Gasteiger charge is 2.17. The van der Waals surface area contributed by atoms with Crippen molar-refractivity contribution < 1.29 is 19.1 Å². The van der Waals surface area contributed by atoms with Gasteiger partial charge in [-0.05, 0) is 6.07 Å². The first-order chi connectivity index (χ1) is 6.68. The van der Waals surface area contributed by atoms with Gasteiger partial charge in [0.05, 0.1) is 11.6 Å². The minimum Gasteiger partial charge on any atom is -0.508 e. The molecule has 3 N–H and O–H groups in total. The van der Waals surface area contributed by atoms with Crippen molar-refractivity contribution in [2.45, 2.75) is 0 Å². The number of hydrogen-bond acceptors (Lipinski definition) is 4. The van der Waals surface area contributed by atoms with E-state index in [1.54, 1.807) is 0 Å². The summed E-state index contributed by atoms with van der Waals surface area (Å²) >= 11 is 0. The number of fused-ring (bicyclic) bond motifs is 1. The Labute approximate surface area is 78.3 Å². The Morgan fingerprint density at radius 2 is 2.29 bits per heavy atom. The Bertz CT molecular complexity index is 459. The Morgan fingerprint density at radius 3 is 3.00 bits per heavy atom. The van der Waals surface area contributed by atoms with Crippen LogP contribution in [0.2, 0.25) is 0 Å². The molecule has 0 bridgehead atoms. The molecule has 0 unspecified atom stereocenters. The molecule has 2 aromatic heterocycles. The van der Waals surface area contributed by atoms with Crippen LogP contribution in [0.15, 0.2) is 18.5 Å². The van der Waals surface area contributed by atoms with Crippen molar-refractivity contribution >= 4 is 18.4 Å². The Morgan fingerprint density at radius 1 is 1.50 bits per heavy atom. The summed E-state index contributed by atoms with van der Waals surface area (Å²) in [6.45, 7) is 0. The summed E-state index contributed by atoms with van der Waals surface area (Å²) in [7, 11) is -2.05. The summed E-state index contributed by atoms with van der Waals surface area (Å²) < 4.78 is 17.8. The molecule has 72 valence electrons. The van der Waals surface area contributed by atoms with E-state index in [-0.39, 0.29) is 11.1 Å². The van der Waals surface area contributed by atoms with Gasteiger partial charge in [-0.25, -0.2) is 9.37 Å². The molecule has 0 saturated carbocycles. The van der Waals surface area contributed by atoms with Crippen molar-refractivity contribution in [1.29, 1.82) is 0 Å². The summed E-state index contributed by atoms with van der Waals surface area (Å²) in [5.74, 6) is -0.976. The van der Waals surface area contributed by atoms with E-state index in [0.29, 0.717) is 5.65 Å². The first kappa shape index (κ1) is 8.98. The van der Waals surface area contributed by atoms with E-state index in [9.17, 15) is 4.39 Å². The molecule has 2 aromatic rings. The molecule has 0 aliphatic carbocycles. The van der Waals surface area contributed by atoms with Gasteiger partial charge < -0.3 is 19.7 Å². The average Bonchev–Trinajstić information content (AvgIpc) is 2.57. The minimum absolute atomic E-state index is 0.239. The van der Waals surface area contributed by atoms with Crippen LogP contribution in [0, 0.1) is 5.82 Å². The fraction of sp³-hybridized carbons (Fsp3) is 0. The van der Waals surface area contributed by atoms with E-state index in [1.165, 1.54) is 12.3 Å². The smallest absolute Gasteiger partial charge is 0.508 e. The van der Waals surface area contributed by atoms with Crippen LogP contribution in [0.5, 0.6) is 5.75 Å². The van der Waals surface area contributed by atoms with E-state index in [0.717, 1.165) is 6.20 Å². The summed E-state index contributed by atoms with van der Waals surface area (Å²) in [6, 6.07) is 1.48. The van der Waals surface area contributed by atoms with Gasteiger partial charge in [0.1, 0.15) is 5.65 Å². The lowest BCUT2D eigenvalue weighted by Crippen LogP contribution is -2.21. The Kier molecular flexibility index (Phi) is 2.10. The van der Waals surface area contributed by atoms with Gasteiger partial charge >= 0.3 is 7.32 Å². The zero-order chi connectivity index (χ0) is 10.1. The van der Waals surface area contributed by atoms with Gasteiger partial charge in [-0.3, -0.25) is 0 Å². The van der Waals surface area contributed by atoms with Crippen LogP contribution >= 0.6 is 0 Å². The van der Waals surface area contributed by atoms with E-state index in [1.807, 2.05) is 0 Å². The van der Waals surface area contributed by atoms with Crippen LogP contribution in [0.3, 0.4) is 0 Å². The van der Waals surface area contributed by atoms with Crippen molar-refractivity contribution in [3.05, 3.63) is 24.3 Å². The quantitative estimate of drug-likeness (QED) is 0.593. The molecule has 0 spiro atoms. The number of hydrogen-bond donors (Lipinski definition) is 3. The van der Waals surface area contributed by atoms with Gasteiger partial charge in [0.2, 0.25) is 0 Å². The third kappa shape index (κ3) is 1.43. The second-order valence-electron chi connectivity index (χ2n) is 2.62. The van der Waals surface area contributed by atoms with E-state index in [2.05, 4.69) is 14.6 Å². The number of pyridine rings is 1. The fourth-order valence-electron chi connectivity index (χ4n) is 1.15. The number of halogens is 1. The van der Waals surface area contributed by atoms with Crippen molar-refractivity contribution in [2.75, 3.05) is 0 Å². The largest absolute Gasteiger partial charge is 0.707 e. The summed E-state index contributed by atoms with van der Waals surface area (Å²) in [4.78, 5) is 6.52. The third-order valence-corrected chi connectivity index (χ3v) is 1.72. The monoisotopic (exact) mass is 196 g/mol. The first-order valence-corrected chi connectivity index (χ1v) is 3.83. The molecule has 0 atom stereocenters. The maximum atomic E-state index is 13.5. The fourth-order valence-corrected chi connectivity index (χ4v) is 1.15. The van der Waals surface area contributed by atoms with Gasteiger partial charge in [0, 0.05) is 6.20 Å². The lowest BCUT2D eigenvalue weighted by Gasteiger charge is -2.05. The predicted octanol–water partition coefficient (Wildman–Crippen LogP) is 0.0503. The molecule has 0 saturated heterocycles. The number of nitrogens with one attached hydrogen (secondary N) is 1. The highest BCUT2D eigenvalue weighted by atomic mass is 19.1. The van der Waals surface area contributed by atoms with Crippen LogP contribution in [0.25, 0.3) is 11.0 Å². The zero-order valence-corrected chi connectivity index (χ0v) is 6.94. The lowest BCUT2D eigenvalue weighted by molar-refractivity contribution is 0.282. The third-order valence-electron chi connectivity index (χ3n) is 1.72. The molecule has 2 heterocycles. The topological polar surface area (TPSA) is 78.4 Å². The summed E-state index contributed by atoms with van der Waals surface area (Å²) in [6.07, 6.45) is 2.60. The zero-order valence-electron chi connectivity index (χ0n) is 6.94. The van der Waals surface area contributed by atoms with Crippen LogP contribution in [0.1, 0.15) is 0 Å². The first-order valence-electron chi connectivity index (χ1n) is 3.83. The molecular formula is C7H6BFN2O3. The van der Waals surface area contributed by atoms with Crippen molar-refractivity contribution in [1.82, 2.24) is 9.97 Å².